The first kappa shape index (κ1) is 22.4. The van der Waals surface area contributed by atoms with E-state index in [9.17, 15) is 13.6 Å². The minimum absolute atomic E-state index is 0.0124. The summed E-state index contributed by atoms with van der Waals surface area (Å²) in [4.78, 5) is 23.2. The van der Waals surface area contributed by atoms with Crippen molar-refractivity contribution in [1.29, 1.82) is 0 Å². The van der Waals surface area contributed by atoms with Gasteiger partial charge in [-0.1, -0.05) is 0 Å². The maximum Gasteiger partial charge on any atom is 0.359 e. The van der Waals surface area contributed by atoms with Crippen LogP contribution in [-0.2, 0) is 4.74 Å². The van der Waals surface area contributed by atoms with E-state index in [2.05, 4.69) is 25.3 Å². The zero-order chi connectivity index (χ0) is 22.9. The van der Waals surface area contributed by atoms with Crippen molar-refractivity contribution in [3.63, 3.8) is 0 Å². The number of rotatable bonds is 7. The van der Waals surface area contributed by atoms with Gasteiger partial charge in [0, 0.05) is 49.8 Å². The number of hydrogen-bond acceptors (Lipinski definition) is 8. The minimum atomic E-state index is -2.60. The molecule has 2 aromatic heterocycles. The van der Waals surface area contributed by atoms with Crippen molar-refractivity contribution in [2.45, 2.75) is 57.6 Å². The third kappa shape index (κ3) is 5.14. The number of likely N-dealkylation sites (N-methyl/N-ethyl adjacent to an activating group) is 1. The Balaban J connectivity index is 1.59. The maximum atomic E-state index is 13.5. The van der Waals surface area contributed by atoms with Gasteiger partial charge >= 0.3 is 5.97 Å². The van der Waals surface area contributed by atoms with Crippen LogP contribution in [0, 0.1) is 6.92 Å². The van der Waals surface area contributed by atoms with Gasteiger partial charge in [-0.2, -0.15) is 15.1 Å². The molecule has 0 unspecified atom stereocenters. The van der Waals surface area contributed by atoms with Crippen LogP contribution in [0.1, 0.15) is 48.7 Å². The molecule has 2 fully saturated rings. The van der Waals surface area contributed by atoms with Crippen LogP contribution in [0.3, 0.4) is 0 Å². The summed E-state index contributed by atoms with van der Waals surface area (Å²) < 4.78 is 39.5. The van der Waals surface area contributed by atoms with Crippen molar-refractivity contribution >= 4 is 11.8 Å². The number of carbonyl (C=O) groups is 1. The first-order valence-corrected chi connectivity index (χ1v) is 10.8. The predicted molar refractivity (Wildman–Crippen MR) is 113 cm³/mol. The van der Waals surface area contributed by atoms with Crippen molar-refractivity contribution in [1.82, 2.24) is 24.6 Å². The molecule has 1 saturated heterocycles. The molecule has 2 aromatic rings. The third-order valence-corrected chi connectivity index (χ3v) is 5.65. The Kier molecular flexibility index (Phi) is 6.27. The van der Waals surface area contributed by atoms with Gasteiger partial charge in [-0.05, 0) is 33.7 Å². The molecule has 0 amide bonds. The minimum Gasteiger partial charge on any atom is -0.471 e. The lowest BCUT2D eigenvalue weighted by Gasteiger charge is -2.35. The summed E-state index contributed by atoms with van der Waals surface area (Å²) in [5, 5.41) is 7.54. The average molecular weight is 450 g/mol. The van der Waals surface area contributed by atoms with E-state index in [0.717, 1.165) is 13.1 Å². The van der Waals surface area contributed by atoms with E-state index >= 15 is 0 Å². The molecule has 174 valence electrons. The van der Waals surface area contributed by atoms with E-state index < -0.39 is 11.9 Å². The fourth-order valence-corrected chi connectivity index (χ4v) is 3.89. The third-order valence-electron chi connectivity index (χ3n) is 5.65. The average Bonchev–Trinajstić information content (AvgIpc) is 3.10. The molecule has 0 radical (unpaired) electrons. The highest BCUT2D eigenvalue weighted by Crippen LogP contribution is 2.34. The van der Waals surface area contributed by atoms with Crippen molar-refractivity contribution in [2.75, 3.05) is 32.1 Å². The summed E-state index contributed by atoms with van der Waals surface area (Å²) in [5.74, 6) is -2.07. The molecule has 3 heterocycles. The fraction of sp³-hybridized carbons (Fsp3) is 0.619. The number of aryl methyl sites for hydroxylation is 1. The van der Waals surface area contributed by atoms with Crippen LogP contribution < -0.4 is 10.1 Å². The molecule has 0 atom stereocenters. The van der Waals surface area contributed by atoms with E-state index in [1.807, 2.05) is 7.05 Å². The lowest BCUT2D eigenvalue weighted by Crippen LogP contribution is -2.51. The van der Waals surface area contributed by atoms with Gasteiger partial charge in [0.15, 0.2) is 5.69 Å². The number of halogens is 2. The summed E-state index contributed by atoms with van der Waals surface area (Å²) in [7, 11) is 2.00. The quantitative estimate of drug-likeness (QED) is 0.644. The zero-order valence-corrected chi connectivity index (χ0v) is 18.5. The van der Waals surface area contributed by atoms with Gasteiger partial charge in [-0.15, -0.1) is 0 Å². The summed E-state index contributed by atoms with van der Waals surface area (Å²) in [6, 6.07) is 1.56. The number of nitrogens with zero attached hydrogens (tertiary/aromatic N) is 5. The highest BCUT2D eigenvalue weighted by Gasteiger charge is 2.35. The van der Waals surface area contributed by atoms with Crippen LogP contribution in [0.2, 0.25) is 0 Å². The van der Waals surface area contributed by atoms with Gasteiger partial charge < -0.3 is 14.8 Å². The van der Waals surface area contributed by atoms with Crippen molar-refractivity contribution in [3.05, 3.63) is 23.5 Å². The number of aromatic nitrogens is 4. The molecule has 9 nitrogen and oxygen atoms in total. The summed E-state index contributed by atoms with van der Waals surface area (Å²) in [6.07, 6.45) is 2.06. The molecule has 0 spiro atoms. The molecular formula is C21H28F2N6O3. The number of anilines is 1. The van der Waals surface area contributed by atoms with E-state index in [1.165, 1.54) is 4.68 Å². The molecule has 32 heavy (non-hydrogen) atoms. The molecule has 0 bridgehead atoms. The van der Waals surface area contributed by atoms with E-state index in [4.69, 9.17) is 9.47 Å². The molecular weight excluding hydrogens is 422 g/mol. The zero-order valence-electron chi connectivity index (χ0n) is 18.5. The lowest BCUT2D eigenvalue weighted by molar-refractivity contribution is -0.0361. The summed E-state index contributed by atoms with van der Waals surface area (Å²) >= 11 is 0. The molecule has 1 aliphatic carbocycles. The maximum absolute atomic E-state index is 13.5. The first-order chi connectivity index (χ1) is 15.2. The second-order valence-electron chi connectivity index (χ2n) is 8.45. The van der Waals surface area contributed by atoms with Gasteiger partial charge in [0.05, 0.1) is 6.61 Å². The summed E-state index contributed by atoms with van der Waals surface area (Å²) in [6.45, 7) is 5.30. The number of ether oxygens (including phenoxy) is 2. The van der Waals surface area contributed by atoms with Gasteiger partial charge in [-0.25, -0.2) is 18.3 Å². The molecule has 1 N–H and O–H groups in total. The molecule has 11 heteroatoms. The highest BCUT2D eigenvalue weighted by molar-refractivity contribution is 5.88. The van der Waals surface area contributed by atoms with E-state index in [1.54, 1.807) is 26.1 Å². The van der Waals surface area contributed by atoms with Crippen molar-refractivity contribution in [2.24, 2.45) is 0 Å². The molecule has 4 rings (SSSR count). The Bertz CT molecular complexity index is 966. The Hall–Kier alpha value is -2.82. The number of nitrogens with one attached hydrogen (secondary N) is 1. The van der Waals surface area contributed by atoms with Crippen LogP contribution in [0.15, 0.2) is 12.3 Å². The van der Waals surface area contributed by atoms with Crippen LogP contribution >= 0.6 is 0 Å². The molecule has 0 aromatic carbocycles. The van der Waals surface area contributed by atoms with Crippen molar-refractivity contribution < 1.29 is 23.0 Å². The highest BCUT2D eigenvalue weighted by atomic mass is 19.3. The Morgan fingerprint density at radius 3 is 2.66 bits per heavy atom. The predicted octanol–water partition coefficient (Wildman–Crippen LogP) is 2.83. The topological polar surface area (TPSA) is 94.4 Å². The van der Waals surface area contributed by atoms with Gasteiger partial charge in [0.2, 0.25) is 11.8 Å². The normalized spacial score (nSPS) is 19.4. The van der Waals surface area contributed by atoms with E-state index in [-0.39, 0.29) is 43.2 Å². The van der Waals surface area contributed by atoms with Crippen LogP contribution in [0.25, 0.3) is 5.95 Å². The largest absolute Gasteiger partial charge is 0.471 e. The smallest absolute Gasteiger partial charge is 0.359 e. The number of hydrogen-bond donors (Lipinski definition) is 1. The second-order valence-corrected chi connectivity index (χ2v) is 8.45. The summed E-state index contributed by atoms with van der Waals surface area (Å²) in [5.41, 5.74) is 0.814. The standard InChI is InChI=1S/C21H28F2N6O3/c1-4-31-19(30)18-13(2)10-29(27-18)20-25-16(24-14-5-7-21(22,23)8-6-14)9-17(26-20)32-15-11-28(3)12-15/h9-10,14-15H,4-8,11-12H2,1-3H3,(H,24,25,26). The molecule has 1 saturated carbocycles. The Morgan fingerprint density at radius 2 is 2.00 bits per heavy atom. The van der Waals surface area contributed by atoms with Gasteiger partial charge in [0.1, 0.15) is 11.9 Å². The van der Waals surface area contributed by atoms with Gasteiger partial charge in [-0.3, -0.25) is 4.90 Å². The number of carbonyl (C=O) groups excluding carboxylic acids is 1. The van der Waals surface area contributed by atoms with Gasteiger partial charge in [0.25, 0.3) is 5.95 Å². The van der Waals surface area contributed by atoms with Crippen LogP contribution in [-0.4, -0.2) is 75.4 Å². The van der Waals surface area contributed by atoms with E-state index in [0.29, 0.717) is 30.1 Å². The molecule has 1 aliphatic heterocycles. The second kappa shape index (κ2) is 8.97. The molecule has 2 aliphatic rings. The first-order valence-electron chi connectivity index (χ1n) is 10.8. The lowest BCUT2D eigenvalue weighted by atomic mass is 9.92. The fourth-order valence-electron chi connectivity index (χ4n) is 3.89. The van der Waals surface area contributed by atoms with Crippen LogP contribution in [0.5, 0.6) is 5.88 Å². The number of alkyl halides is 2. The monoisotopic (exact) mass is 450 g/mol. The number of esters is 1. The Labute approximate surface area is 185 Å². The van der Waals surface area contributed by atoms with Crippen molar-refractivity contribution in [3.8, 4) is 11.8 Å². The van der Waals surface area contributed by atoms with Crippen LogP contribution in [0.4, 0.5) is 14.6 Å². The Morgan fingerprint density at radius 1 is 1.28 bits per heavy atom. The SMILES string of the molecule is CCOC(=O)c1nn(-c2nc(NC3CCC(F)(F)CC3)cc(OC3CN(C)C3)n2)cc1C. The number of likely N-dealkylation sites (tertiary alicyclic amines) is 1.